The number of carbonyl (C=O) groups is 2. The summed E-state index contributed by atoms with van der Waals surface area (Å²) in [4.78, 5) is 29.2. The van der Waals surface area contributed by atoms with E-state index >= 15 is 0 Å². The number of carbonyl (C=O) groups excluding carboxylic acids is 2. The number of amides is 2. The molecule has 8 nitrogen and oxygen atoms in total. The highest BCUT2D eigenvalue weighted by atomic mass is 16.5. The summed E-state index contributed by atoms with van der Waals surface area (Å²) in [6.07, 6.45) is 6.57. The van der Waals surface area contributed by atoms with Gasteiger partial charge in [0.05, 0.1) is 27.6 Å². The molecule has 1 atom stereocenters. The van der Waals surface area contributed by atoms with Crippen LogP contribution < -0.4 is 24.4 Å². The van der Waals surface area contributed by atoms with Crippen molar-refractivity contribution >= 4 is 17.5 Å². The summed E-state index contributed by atoms with van der Waals surface area (Å²) < 4.78 is 21.7. The lowest BCUT2D eigenvalue weighted by atomic mass is 9.94. The summed E-state index contributed by atoms with van der Waals surface area (Å²) in [5.74, 6) is 1.04. The summed E-state index contributed by atoms with van der Waals surface area (Å²) in [7, 11) is 4.66. The average molecular weight is 493 g/mol. The molecule has 8 heteroatoms. The number of hydrogen-bond donors (Lipinski definition) is 1. The van der Waals surface area contributed by atoms with Crippen molar-refractivity contribution in [2.24, 2.45) is 0 Å². The van der Waals surface area contributed by atoms with Crippen molar-refractivity contribution in [3.63, 3.8) is 0 Å². The van der Waals surface area contributed by atoms with E-state index in [0.717, 1.165) is 25.7 Å². The van der Waals surface area contributed by atoms with Crippen molar-refractivity contribution in [1.29, 1.82) is 0 Å². The zero-order valence-electron chi connectivity index (χ0n) is 20.9. The summed E-state index contributed by atoms with van der Waals surface area (Å²) in [5, 5.41) is 3.20. The largest absolute Gasteiger partial charge is 0.497 e. The summed E-state index contributed by atoms with van der Waals surface area (Å²) in [6, 6.07) is 14.6. The van der Waals surface area contributed by atoms with Crippen LogP contribution in [0.2, 0.25) is 0 Å². The fourth-order valence-corrected chi connectivity index (χ4v) is 4.61. The van der Waals surface area contributed by atoms with Gasteiger partial charge in [0.2, 0.25) is 5.91 Å². The van der Waals surface area contributed by atoms with E-state index in [2.05, 4.69) is 5.32 Å². The second-order valence-corrected chi connectivity index (χ2v) is 8.71. The van der Waals surface area contributed by atoms with Crippen LogP contribution in [0, 0.1) is 0 Å². The van der Waals surface area contributed by atoms with E-state index in [4.69, 9.17) is 18.6 Å². The SMILES string of the molecule is COc1ccc(N(C(=O)c2ccco2)C(C(=O)NC2CCCCC2)c2ccc(OC)c(OC)c2)cc1. The number of nitrogens with one attached hydrogen (secondary N) is 1. The minimum atomic E-state index is -0.988. The average Bonchev–Trinajstić information content (AvgIpc) is 3.47. The minimum absolute atomic E-state index is 0.0605. The second-order valence-electron chi connectivity index (χ2n) is 8.71. The lowest BCUT2D eigenvalue weighted by Gasteiger charge is -2.33. The van der Waals surface area contributed by atoms with E-state index in [1.165, 1.54) is 24.7 Å². The third-order valence-electron chi connectivity index (χ3n) is 6.48. The predicted octanol–water partition coefficient (Wildman–Crippen LogP) is 5.14. The molecule has 2 aromatic carbocycles. The zero-order valence-corrected chi connectivity index (χ0v) is 20.9. The molecule has 2 amide bonds. The first kappa shape index (κ1) is 25.2. The number of ether oxygens (including phenoxy) is 3. The van der Waals surface area contributed by atoms with Crippen LogP contribution >= 0.6 is 0 Å². The van der Waals surface area contributed by atoms with E-state index in [-0.39, 0.29) is 17.7 Å². The molecule has 1 fully saturated rings. The Hall–Kier alpha value is -3.94. The van der Waals surface area contributed by atoms with Gasteiger partial charge in [-0.3, -0.25) is 14.5 Å². The fourth-order valence-electron chi connectivity index (χ4n) is 4.61. The van der Waals surface area contributed by atoms with E-state index in [1.54, 1.807) is 68.8 Å². The monoisotopic (exact) mass is 492 g/mol. The molecule has 4 rings (SSSR count). The molecular weight excluding hydrogens is 460 g/mol. The summed E-state index contributed by atoms with van der Waals surface area (Å²) in [5.41, 5.74) is 1.10. The van der Waals surface area contributed by atoms with Crippen molar-refractivity contribution in [2.75, 3.05) is 26.2 Å². The van der Waals surface area contributed by atoms with Crippen LogP contribution in [0.25, 0.3) is 0 Å². The number of rotatable bonds is 9. The molecule has 0 radical (unpaired) electrons. The minimum Gasteiger partial charge on any atom is -0.497 e. The number of benzene rings is 2. The van der Waals surface area contributed by atoms with Crippen molar-refractivity contribution in [2.45, 2.75) is 44.2 Å². The predicted molar refractivity (Wildman–Crippen MR) is 136 cm³/mol. The molecule has 0 bridgehead atoms. The molecule has 1 N–H and O–H groups in total. The molecule has 0 aliphatic heterocycles. The Morgan fingerprint density at radius 3 is 2.25 bits per heavy atom. The van der Waals surface area contributed by atoms with Crippen LogP contribution in [0.15, 0.2) is 65.3 Å². The number of furan rings is 1. The Bertz CT molecular complexity index is 1150. The molecular formula is C28H32N2O6. The van der Waals surface area contributed by atoms with Crippen LogP contribution in [-0.2, 0) is 4.79 Å². The van der Waals surface area contributed by atoms with E-state index in [0.29, 0.717) is 28.5 Å². The number of anilines is 1. The summed E-state index contributed by atoms with van der Waals surface area (Å²) >= 11 is 0. The molecule has 1 unspecified atom stereocenters. The molecule has 1 saturated carbocycles. The molecule has 0 spiro atoms. The summed E-state index contributed by atoms with van der Waals surface area (Å²) in [6.45, 7) is 0. The van der Waals surface area contributed by atoms with Gasteiger partial charge in [0.15, 0.2) is 17.3 Å². The van der Waals surface area contributed by atoms with Crippen LogP contribution in [0.1, 0.15) is 54.3 Å². The molecule has 1 aliphatic rings. The Morgan fingerprint density at radius 1 is 0.917 bits per heavy atom. The quantitative estimate of drug-likeness (QED) is 0.445. The first-order valence-corrected chi connectivity index (χ1v) is 12.1. The van der Waals surface area contributed by atoms with Gasteiger partial charge in [-0.1, -0.05) is 25.3 Å². The second kappa shape index (κ2) is 11.7. The third kappa shape index (κ3) is 5.48. The highest BCUT2D eigenvalue weighted by Gasteiger charge is 2.36. The normalized spacial score (nSPS) is 14.5. The van der Waals surface area contributed by atoms with Crippen LogP contribution in [0.5, 0.6) is 17.2 Å². The van der Waals surface area contributed by atoms with Gasteiger partial charge >= 0.3 is 0 Å². The van der Waals surface area contributed by atoms with Crippen LogP contribution in [0.3, 0.4) is 0 Å². The molecule has 1 heterocycles. The molecule has 1 aromatic heterocycles. The standard InChI is InChI=1S/C28H32N2O6/c1-33-22-14-12-21(13-15-22)30(28(32)24-10-7-17-36-24)26(27(31)29-20-8-5-4-6-9-20)19-11-16-23(34-2)25(18-19)35-3/h7,10-18,20,26H,4-6,8-9H2,1-3H3,(H,29,31). The molecule has 36 heavy (non-hydrogen) atoms. The zero-order chi connectivity index (χ0) is 25.5. The first-order chi connectivity index (χ1) is 17.5. The number of hydrogen-bond acceptors (Lipinski definition) is 6. The van der Waals surface area contributed by atoms with Gasteiger partial charge in [-0.2, -0.15) is 0 Å². The maximum Gasteiger partial charge on any atom is 0.294 e. The van der Waals surface area contributed by atoms with Gasteiger partial charge in [0.25, 0.3) is 5.91 Å². The lowest BCUT2D eigenvalue weighted by molar-refractivity contribution is -0.123. The fraction of sp³-hybridized carbons (Fsp3) is 0.357. The number of methoxy groups -OCH3 is 3. The smallest absolute Gasteiger partial charge is 0.294 e. The van der Waals surface area contributed by atoms with E-state index < -0.39 is 11.9 Å². The Kier molecular flexibility index (Phi) is 8.15. The molecule has 3 aromatic rings. The Labute approximate surface area is 211 Å². The van der Waals surface area contributed by atoms with Gasteiger partial charge < -0.3 is 23.9 Å². The van der Waals surface area contributed by atoms with Gasteiger partial charge in [0.1, 0.15) is 11.8 Å². The van der Waals surface area contributed by atoms with Crippen LogP contribution in [0.4, 0.5) is 5.69 Å². The maximum atomic E-state index is 13.9. The Balaban J connectivity index is 1.82. The lowest BCUT2D eigenvalue weighted by Crippen LogP contribution is -2.47. The molecule has 0 saturated heterocycles. The van der Waals surface area contributed by atoms with Crippen LogP contribution in [-0.4, -0.2) is 39.2 Å². The highest BCUT2D eigenvalue weighted by Crippen LogP contribution is 2.36. The van der Waals surface area contributed by atoms with Gasteiger partial charge in [-0.15, -0.1) is 0 Å². The van der Waals surface area contributed by atoms with Gasteiger partial charge in [-0.25, -0.2) is 0 Å². The van der Waals surface area contributed by atoms with Crippen molar-refractivity contribution in [3.8, 4) is 17.2 Å². The van der Waals surface area contributed by atoms with E-state index in [9.17, 15) is 9.59 Å². The van der Waals surface area contributed by atoms with E-state index in [1.807, 2.05) is 0 Å². The Morgan fingerprint density at radius 2 is 1.64 bits per heavy atom. The highest BCUT2D eigenvalue weighted by molar-refractivity contribution is 6.08. The van der Waals surface area contributed by atoms with Crippen molar-refractivity contribution < 1.29 is 28.2 Å². The van der Waals surface area contributed by atoms with Crippen molar-refractivity contribution in [1.82, 2.24) is 5.32 Å². The topological polar surface area (TPSA) is 90.2 Å². The number of nitrogens with zero attached hydrogens (tertiary/aromatic N) is 1. The molecule has 1 aliphatic carbocycles. The maximum absolute atomic E-state index is 13.9. The van der Waals surface area contributed by atoms with Crippen molar-refractivity contribution in [3.05, 3.63) is 72.2 Å². The van der Waals surface area contributed by atoms with Gasteiger partial charge in [0, 0.05) is 11.7 Å². The third-order valence-corrected chi connectivity index (χ3v) is 6.48. The van der Waals surface area contributed by atoms with Gasteiger partial charge in [-0.05, 0) is 66.9 Å². The first-order valence-electron chi connectivity index (χ1n) is 12.1. The molecule has 190 valence electrons.